The first-order valence-electron chi connectivity index (χ1n) is 8.87. The summed E-state index contributed by atoms with van der Waals surface area (Å²) in [6.45, 7) is 10.0. The maximum absolute atomic E-state index is 12.4. The van der Waals surface area contributed by atoms with Crippen LogP contribution in [0, 0.1) is 12.8 Å². The Labute approximate surface area is 158 Å². The van der Waals surface area contributed by atoms with E-state index in [-0.39, 0.29) is 5.91 Å². The van der Waals surface area contributed by atoms with Crippen molar-refractivity contribution in [2.45, 2.75) is 47.1 Å². The van der Waals surface area contributed by atoms with Crippen LogP contribution < -0.4 is 5.32 Å². The van der Waals surface area contributed by atoms with Crippen molar-refractivity contribution in [3.8, 4) is 10.6 Å². The molecule has 0 saturated heterocycles. The highest BCUT2D eigenvalue weighted by atomic mass is 32.1. The summed E-state index contributed by atoms with van der Waals surface area (Å²) in [5, 5.41) is 3.54. The Kier molecular flexibility index (Phi) is 6.91. The van der Waals surface area contributed by atoms with E-state index in [9.17, 15) is 9.59 Å². The molecule has 0 radical (unpaired) electrons. The lowest BCUT2D eigenvalue weighted by Gasteiger charge is -2.14. The van der Waals surface area contributed by atoms with Gasteiger partial charge in [0, 0.05) is 12.1 Å². The van der Waals surface area contributed by atoms with Crippen molar-refractivity contribution in [3.05, 3.63) is 40.4 Å². The summed E-state index contributed by atoms with van der Waals surface area (Å²) >= 11 is 1.29. The molecule has 0 saturated carbocycles. The van der Waals surface area contributed by atoms with Crippen LogP contribution in [0.5, 0.6) is 0 Å². The zero-order valence-electron chi connectivity index (χ0n) is 16.0. The summed E-state index contributed by atoms with van der Waals surface area (Å²) in [5.41, 5.74) is 2.84. The van der Waals surface area contributed by atoms with Gasteiger partial charge in [-0.05, 0) is 31.7 Å². The normalized spacial score (nSPS) is 12.1. The molecule has 1 N–H and O–H groups in total. The Morgan fingerprint density at radius 3 is 2.42 bits per heavy atom. The number of hydrogen-bond donors (Lipinski definition) is 1. The molecule has 1 atom stereocenters. The summed E-state index contributed by atoms with van der Waals surface area (Å²) in [6, 6.07) is 8.14. The van der Waals surface area contributed by atoms with Gasteiger partial charge in [-0.3, -0.25) is 4.79 Å². The van der Waals surface area contributed by atoms with E-state index >= 15 is 0 Å². The van der Waals surface area contributed by atoms with Crippen molar-refractivity contribution in [1.82, 2.24) is 10.3 Å². The minimum Gasteiger partial charge on any atom is -0.448 e. The van der Waals surface area contributed by atoms with Crippen LogP contribution in [-0.4, -0.2) is 29.5 Å². The minimum atomic E-state index is -0.838. The van der Waals surface area contributed by atoms with Crippen molar-refractivity contribution in [1.29, 1.82) is 0 Å². The largest absolute Gasteiger partial charge is 0.448 e. The van der Waals surface area contributed by atoms with Crippen LogP contribution in [0.4, 0.5) is 0 Å². The molecule has 5 nitrogen and oxygen atoms in total. The molecule has 0 aliphatic heterocycles. The van der Waals surface area contributed by atoms with Crippen molar-refractivity contribution in [2.24, 2.45) is 5.92 Å². The summed E-state index contributed by atoms with van der Waals surface area (Å²) in [7, 11) is 0. The van der Waals surface area contributed by atoms with Crippen LogP contribution >= 0.6 is 11.3 Å². The van der Waals surface area contributed by atoms with Crippen molar-refractivity contribution in [3.63, 3.8) is 0 Å². The fourth-order valence-corrected chi connectivity index (χ4v) is 3.26. The number of carbonyl (C=O) groups excluding carboxylic acids is 2. The van der Waals surface area contributed by atoms with Gasteiger partial charge in [-0.1, -0.05) is 45.0 Å². The third kappa shape index (κ3) is 5.14. The van der Waals surface area contributed by atoms with E-state index in [0.29, 0.717) is 23.0 Å². The van der Waals surface area contributed by atoms with Gasteiger partial charge < -0.3 is 10.1 Å². The number of nitrogens with one attached hydrogen (secondary N) is 1. The Morgan fingerprint density at radius 1 is 1.19 bits per heavy atom. The Morgan fingerprint density at radius 2 is 1.85 bits per heavy atom. The summed E-state index contributed by atoms with van der Waals surface area (Å²) in [5.74, 6) is -0.458. The van der Waals surface area contributed by atoms with Gasteiger partial charge in [0.05, 0.1) is 5.69 Å². The van der Waals surface area contributed by atoms with Crippen molar-refractivity contribution < 1.29 is 14.3 Å². The van der Waals surface area contributed by atoms with Gasteiger partial charge in [0.1, 0.15) is 9.88 Å². The SMILES string of the molecule is CCc1ccc(-c2nc(C)c(C(=O)OC(C)C(=O)NCC(C)C)s2)cc1. The number of benzene rings is 1. The number of carbonyl (C=O) groups is 2. The number of rotatable bonds is 7. The minimum absolute atomic E-state index is 0.287. The van der Waals surface area contributed by atoms with E-state index in [1.807, 2.05) is 26.0 Å². The molecule has 140 valence electrons. The second-order valence-corrected chi connectivity index (χ2v) is 7.67. The first-order valence-corrected chi connectivity index (χ1v) is 9.68. The third-order valence-electron chi connectivity index (χ3n) is 3.93. The quantitative estimate of drug-likeness (QED) is 0.744. The van der Waals surface area contributed by atoms with Gasteiger partial charge in [-0.2, -0.15) is 0 Å². The number of amides is 1. The van der Waals surface area contributed by atoms with Crippen LogP contribution in [-0.2, 0) is 16.0 Å². The maximum atomic E-state index is 12.4. The zero-order chi connectivity index (χ0) is 19.3. The molecule has 1 aromatic carbocycles. The maximum Gasteiger partial charge on any atom is 0.351 e. The lowest BCUT2D eigenvalue weighted by molar-refractivity contribution is -0.129. The molecule has 0 bridgehead atoms. The summed E-state index contributed by atoms with van der Waals surface area (Å²) < 4.78 is 5.32. The molecule has 2 rings (SSSR count). The van der Waals surface area contributed by atoms with Gasteiger partial charge in [0.2, 0.25) is 0 Å². The molecule has 0 aliphatic carbocycles. The van der Waals surface area contributed by atoms with Gasteiger partial charge in [-0.25, -0.2) is 9.78 Å². The lowest BCUT2D eigenvalue weighted by Crippen LogP contribution is -2.37. The topological polar surface area (TPSA) is 68.3 Å². The second kappa shape index (κ2) is 8.94. The third-order valence-corrected chi connectivity index (χ3v) is 5.12. The van der Waals surface area contributed by atoms with Gasteiger partial charge in [0.25, 0.3) is 5.91 Å². The molecule has 0 fully saturated rings. The molecule has 0 aliphatic rings. The van der Waals surface area contributed by atoms with Crippen LogP contribution in [0.1, 0.15) is 48.6 Å². The van der Waals surface area contributed by atoms with E-state index in [4.69, 9.17) is 4.74 Å². The molecule has 1 amide bonds. The summed E-state index contributed by atoms with van der Waals surface area (Å²) in [4.78, 5) is 29.3. The predicted molar refractivity (Wildman–Crippen MR) is 104 cm³/mol. The van der Waals surface area contributed by atoms with E-state index in [2.05, 4.69) is 29.4 Å². The van der Waals surface area contributed by atoms with Crippen LogP contribution in [0.3, 0.4) is 0 Å². The number of aryl methyl sites for hydroxylation is 2. The van der Waals surface area contributed by atoms with Crippen molar-refractivity contribution in [2.75, 3.05) is 6.54 Å². The standard InChI is InChI=1S/C20H26N2O3S/c1-6-15-7-9-16(10-8-15)19-22-13(4)17(26-19)20(24)25-14(5)18(23)21-11-12(2)3/h7-10,12,14H,6,11H2,1-5H3,(H,21,23). The van der Waals surface area contributed by atoms with Crippen LogP contribution in [0.15, 0.2) is 24.3 Å². The Hall–Kier alpha value is -2.21. The average molecular weight is 375 g/mol. The van der Waals surface area contributed by atoms with E-state index in [0.717, 1.165) is 17.0 Å². The van der Waals surface area contributed by atoms with Gasteiger partial charge in [0.15, 0.2) is 6.10 Å². The smallest absolute Gasteiger partial charge is 0.351 e. The van der Waals surface area contributed by atoms with Crippen molar-refractivity contribution >= 4 is 23.2 Å². The number of nitrogens with zero attached hydrogens (tertiary/aromatic N) is 1. The molecular weight excluding hydrogens is 348 g/mol. The van der Waals surface area contributed by atoms with Gasteiger partial charge in [-0.15, -0.1) is 11.3 Å². The summed E-state index contributed by atoms with van der Waals surface area (Å²) in [6.07, 6.45) is 0.140. The average Bonchev–Trinajstić information content (AvgIpc) is 3.01. The number of esters is 1. The highest BCUT2D eigenvalue weighted by Crippen LogP contribution is 2.29. The number of ether oxygens (including phenoxy) is 1. The molecule has 1 aromatic heterocycles. The van der Waals surface area contributed by atoms with E-state index < -0.39 is 12.1 Å². The molecule has 1 heterocycles. The monoisotopic (exact) mass is 374 g/mol. The molecule has 2 aromatic rings. The Balaban J connectivity index is 2.07. The highest BCUT2D eigenvalue weighted by molar-refractivity contribution is 7.17. The lowest BCUT2D eigenvalue weighted by atomic mass is 10.1. The number of hydrogen-bond acceptors (Lipinski definition) is 5. The number of aromatic nitrogens is 1. The van der Waals surface area contributed by atoms with E-state index in [1.165, 1.54) is 16.9 Å². The molecule has 26 heavy (non-hydrogen) atoms. The molecular formula is C20H26N2O3S. The molecule has 6 heteroatoms. The number of thiazole rings is 1. The molecule has 0 spiro atoms. The second-order valence-electron chi connectivity index (χ2n) is 6.67. The van der Waals surface area contributed by atoms with Crippen LogP contribution in [0.2, 0.25) is 0 Å². The molecule has 1 unspecified atom stereocenters. The first-order chi connectivity index (χ1) is 12.3. The first kappa shape index (κ1) is 20.1. The van der Waals surface area contributed by atoms with E-state index in [1.54, 1.807) is 13.8 Å². The predicted octanol–water partition coefficient (Wildman–Crippen LogP) is 4.00. The fraction of sp³-hybridized carbons (Fsp3) is 0.450. The highest BCUT2D eigenvalue weighted by Gasteiger charge is 2.23. The van der Waals surface area contributed by atoms with Crippen LogP contribution in [0.25, 0.3) is 10.6 Å². The van der Waals surface area contributed by atoms with Gasteiger partial charge >= 0.3 is 5.97 Å². The Bertz CT molecular complexity index is 766. The fourth-order valence-electron chi connectivity index (χ4n) is 2.31. The zero-order valence-corrected chi connectivity index (χ0v) is 16.8.